The molecule has 0 aromatic heterocycles. The lowest BCUT2D eigenvalue weighted by atomic mass is 9.93. The number of ether oxygens (including phenoxy) is 3. The van der Waals surface area contributed by atoms with Crippen molar-refractivity contribution in [1.82, 2.24) is 0 Å². The van der Waals surface area contributed by atoms with Crippen molar-refractivity contribution in [1.29, 1.82) is 0 Å². The zero-order valence-corrected chi connectivity index (χ0v) is 17.0. The summed E-state index contributed by atoms with van der Waals surface area (Å²) in [6, 6.07) is 7.43. The van der Waals surface area contributed by atoms with Crippen LogP contribution in [0.5, 0.6) is 0 Å². The van der Waals surface area contributed by atoms with Gasteiger partial charge in [-0.15, -0.1) is 0 Å². The van der Waals surface area contributed by atoms with Crippen molar-refractivity contribution in [2.45, 2.75) is 31.4 Å². The molecule has 168 valence electrons. The molecule has 3 N–H and O–H groups in total. The summed E-state index contributed by atoms with van der Waals surface area (Å²) in [5.74, 6) is -3.11. The number of carboxylic acids is 1. The van der Waals surface area contributed by atoms with Gasteiger partial charge in [-0.25, -0.2) is 4.79 Å². The number of halogens is 4. The molecule has 0 amide bonds. The minimum Gasteiger partial charge on any atom is -0.475 e. The van der Waals surface area contributed by atoms with Crippen molar-refractivity contribution in [3.05, 3.63) is 40.9 Å². The van der Waals surface area contributed by atoms with E-state index in [1.54, 1.807) is 7.11 Å². The smallest absolute Gasteiger partial charge is 0.475 e. The first-order valence-electron chi connectivity index (χ1n) is 8.77. The molecule has 30 heavy (non-hydrogen) atoms. The van der Waals surface area contributed by atoms with Crippen LogP contribution in [0.2, 0.25) is 5.02 Å². The number of esters is 1. The molecule has 11 heteroatoms. The second-order valence-corrected chi connectivity index (χ2v) is 6.78. The lowest BCUT2D eigenvalue weighted by Gasteiger charge is -2.39. The second-order valence-electron chi connectivity index (χ2n) is 6.35. The predicted octanol–water partition coefficient (Wildman–Crippen LogP) is 2.91. The van der Waals surface area contributed by atoms with Crippen molar-refractivity contribution in [3.63, 3.8) is 0 Å². The molecule has 0 bridgehead atoms. The van der Waals surface area contributed by atoms with Crippen LogP contribution in [0.15, 0.2) is 30.3 Å². The zero-order valence-electron chi connectivity index (χ0n) is 16.3. The van der Waals surface area contributed by atoms with E-state index in [0.29, 0.717) is 11.6 Å². The summed E-state index contributed by atoms with van der Waals surface area (Å²) in [6.45, 7) is 2.36. The number of alkyl halides is 3. The number of carboxylic acid groups (broad SMARTS) is 1. The van der Waals surface area contributed by atoms with Crippen LogP contribution in [-0.2, 0) is 23.8 Å². The predicted molar refractivity (Wildman–Crippen MR) is 103 cm³/mol. The Bertz CT molecular complexity index is 726. The molecule has 1 aliphatic heterocycles. The Morgan fingerprint density at radius 1 is 1.30 bits per heavy atom. The van der Waals surface area contributed by atoms with E-state index in [1.165, 1.54) is 0 Å². The van der Waals surface area contributed by atoms with Crippen molar-refractivity contribution in [3.8, 4) is 0 Å². The molecule has 2 rings (SSSR count). The van der Waals surface area contributed by atoms with Crippen LogP contribution < -0.4 is 5.73 Å². The molecule has 0 unspecified atom stereocenters. The molecule has 1 aliphatic rings. The molecule has 1 heterocycles. The molecule has 7 nitrogen and oxygen atoms in total. The van der Waals surface area contributed by atoms with Crippen molar-refractivity contribution < 1.29 is 42.1 Å². The summed E-state index contributed by atoms with van der Waals surface area (Å²) in [5.41, 5.74) is 6.33. The molecule has 0 radical (unpaired) electrons. The minimum absolute atomic E-state index is 0.121. The van der Waals surface area contributed by atoms with Gasteiger partial charge in [-0.05, 0) is 17.7 Å². The lowest BCUT2D eigenvalue weighted by molar-refractivity contribution is -0.192. The number of hydrogen-bond donors (Lipinski definition) is 2. The van der Waals surface area contributed by atoms with Gasteiger partial charge in [-0.1, -0.05) is 42.8 Å². The molecule has 1 aromatic carbocycles. The maximum absolute atomic E-state index is 11.6. The monoisotopic (exact) mass is 453 g/mol. The highest BCUT2D eigenvalue weighted by molar-refractivity contribution is 6.30. The number of benzene rings is 1. The van der Waals surface area contributed by atoms with Crippen LogP contribution in [0, 0.1) is 5.92 Å². The number of methoxy groups -OCH3 is 1. The maximum atomic E-state index is 11.6. The van der Waals surface area contributed by atoms with Crippen LogP contribution in [0.1, 0.15) is 12.5 Å². The molecule has 4 atom stereocenters. The Morgan fingerprint density at radius 3 is 2.33 bits per heavy atom. The molecule has 1 fully saturated rings. The Hall–Kier alpha value is -2.14. The number of aliphatic carboxylic acids is 1. The Balaban J connectivity index is 0.000000553. The Morgan fingerprint density at radius 2 is 1.87 bits per heavy atom. The van der Waals surface area contributed by atoms with E-state index >= 15 is 0 Å². The summed E-state index contributed by atoms with van der Waals surface area (Å²) in [4.78, 5) is 20.5. The molecular formula is C19H23ClF3NO6. The standard InChI is InChI=1S/C17H22ClNO4.C2HF3O2/c1-11-10-22-14(8-5-12-3-6-13(18)7-4-12)17(16(11)21-2)23-15(20)9-19;3-2(4,5)1(6)7/h3-8,11,14,16-17H,9-10,19H2,1-2H3;(H,6,7)/b8-5-;/t11-,14-,16-,17-;/m0./s1. The van der Waals surface area contributed by atoms with Crippen LogP contribution in [0.3, 0.4) is 0 Å². The van der Waals surface area contributed by atoms with Gasteiger partial charge in [0, 0.05) is 18.1 Å². The third-order valence-corrected chi connectivity index (χ3v) is 4.31. The highest BCUT2D eigenvalue weighted by atomic mass is 35.5. The summed E-state index contributed by atoms with van der Waals surface area (Å²) >= 11 is 5.88. The Labute approximate surface area is 176 Å². The average molecular weight is 454 g/mol. The van der Waals surface area contributed by atoms with Crippen LogP contribution in [0.4, 0.5) is 13.2 Å². The van der Waals surface area contributed by atoms with E-state index in [9.17, 15) is 18.0 Å². The fourth-order valence-corrected chi connectivity index (χ4v) is 2.73. The van der Waals surface area contributed by atoms with Crippen molar-refractivity contribution in [2.24, 2.45) is 11.7 Å². The number of nitrogens with two attached hydrogens (primary N) is 1. The van der Waals surface area contributed by atoms with Gasteiger partial charge in [-0.2, -0.15) is 13.2 Å². The molecule has 0 saturated carbocycles. The van der Waals surface area contributed by atoms with E-state index in [-0.39, 0.29) is 24.7 Å². The fraction of sp³-hybridized carbons (Fsp3) is 0.474. The minimum atomic E-state index is -5.08. The first-order chi connectivity index (χ1) is 14.0. The highest BCUT2D eigenvalue weighted by Crippen LogP contribution is 2.26. The fourth-order valence-electron chi connectivity index (χ4n) is 2.61. The average Bonchev–Trinajstić information content (AvgIpc) is 2.68. The first kappa shape index (κ1) is 25.9. The summed E-state index contributed by atoms with van der Waals surface area (Å²) < 4.78 is 48.5. The van der Waals surface area contributed by atoms with Gasteiger partial charge in [0.25, 0.3) is 0 Å². The van der Waals surface area contributed by atoms with Crippen molar-refractivity contribution >= 4 is 29.6 Å². The number of carbonyl (C=O) groups excluding carboxylic acids is 1. The SMILES string of the molecule is CO[C@@H]1[C@@H](OC(=O)CN)[C@H](/C=C\c2ccc(Cl)cc2)OC[C@@H]1C.O=C(O)C(F)(F)F. The topological polar surface area (TPSA) is 108 Å². The van der Waals surface area contributed by atoms with Gasteiger partial charge in [0.05, 0.1) is 13.2 Å². The molecule has 0 spiro atoms. The summed E-state index contributed by atoms with van der Waals surface area (Å²) in [7, 11) is 1.61. The quantitative estimate of drug-likeness (QED) is 0.660. The first-order valence-corrected chi connectivity index (χ1v) is 9.15. The van der Waals surface area contributed by atoms with E-state index in [1.807, 2.05) is 43.3 Å². The van der Waals surface area contributed by atoms with E-state index in [0.717, 1.165) is 5.56 Å². The van der Waals surface area contributed by atoms with Gasteiger partial charge in [0.2, 0.25) is 0 Å². The van der Waals surface area contributed by atoms with Crippen LogP contribution in [-0.4, -0.2) is 61.8 Å². The largest absolute Gasteiger partial charge is 0.490 e. The number of carbonyl (C=O) groups is 2. The van der Waals surface area contributed by atoms with Crippen LogP contribution in [0.25, 0.3) is 6.08 Å². The normalized spacial score (nSPS) is 24.1. The lowest BCUT2D eigenvalue weighted by Crippen LogP contribution is -2.52. The second kappa shape index (κ2) is 11.9. The van der Waals surface area contributed by atoms with E-state index in [2.05, 4.69) is 0 Å². The van der Waals surface area contributed by atoms with Gasteiger partial charge in [0.1, 0.15) is 12.2 Å². The summed E-state index contributed by atoms with van der Waals surface area (Å²) in [6.07, 6.45) is -2.45. The molecule has 1 saturated heterocycles. The van der Waals surface area contributed by atoms with Gasteiger partial charge in [-0.3, -0.25) is 4.79 Å². The van der Waals surface area contributed by atoms with E-state index < -0.39 is 24.2 Å². The third kappa shape index (κ3) is 8.31. The van der Waals surface area contributed by atoms with Gasteiger partial charge in [0.15, 0.2) is 6.10 Å². The van der Waals surface area contributed by atoms with Gasteiger partial charge < -0.3 is 25.1 Å². The van der Waals surface area contributed by atoms with E-state index in [4.69, 9.17) is 41.4 Å². The molecule has 0 aliphatic carbocycles. The van der Waals surface area contributed by atoms with Crippen LogP contribution >= 0.6 is 11.6 Å². The number of rotatable bonds is 5. The molecular weight excluding hydrogens is 431 g/mol. The zero-order chi connectivity index (χ0) is 22.9. The van der Waals surface area contributed by atoms with Crippen molar-refractivity contribution in [2.75, 3.05) is 20.3 Å². The van der Waals surface area contributed by atoms with Gasteiger partial charge >= 0.3 is 18.1 Å². The number of hydrogen-bond acceptors (Lipinski definition) is 6. The maximum Gasteiger partial charge on any atom is 0.490 e. The Kier molecular flexibility index (Phi) is 10.3. The summed E-state index contributed by atoms with van der Waals surface area (Å²) in [5, 5.41) is 7.80. The third-order valence-electron chi connectivity index (χ3n) is 4.06. The highest BCUT2D eigenvalue weighted by Gasteiger charge is 2.40. The molecule has 1 aromatic rings.